The van der Waals surface area contributed by atoms with Gasteiger partial charge in [-0.25, -0.2) is 0 Å². The zero-order chi connectivity index (χ0) is 37.8. The van der Waals surface area contributed by atoms with Gasteiger partial charge in [-0.15, -0.1) is 0 Å². The molecule has 0 N–H and O–H groups in total. The van der Waals surface area contributed by atoms with E-state index in [-0.39, 0.29) is 0 Å². The Hall–Kier alpha value is -7.20. The minimum Gasteiger partial charge on any atom is -0.309 e. The van der Waals surface area contributed by atoms with E-state index in [1.807, 2.05) is 0 Å². The summed E-state index contributed by atoms with van der Waals surface area (Å²) in [5, 5.41) is 10.5. The van der Waals surface area contributed by atoms with Gasteiger partial charge in [0.05, 0.1) is 22.1 Å². The standard InChI is InChI=1S/C54H38N2Si/c1-6-19-39(20-7-1)46-30-18-31-49-50-38-45(57(42-23-10-3-11-24-42,43-25-12-4-13-26-43)44-27-14-5-15-28-44)34-36-52(50)56(54(46)49)41-33-35-48-47-29-16-17-32-51(47)55(53(48)37-41)40-21-8-2-9-22-40/h1-38H. The van der Waals surface area contributed by atoms with Gasteiger partial charge in [0, 0.05) is 38.5 Å². The van der Waals surface area contributed by atoms with Gasteiger partial charge in [0.15, 0.2) is 8.07 Å². The number of rotatable bonds is 7. The molecule has 0 aliphatic heterocycles. The summed E-state index contributed by atoms with van der Waals surface area (Å²) in [7, 11) is -2.76. The van der Waals surface area contributed by atoms with E-state index in [1.54, 1.807) is 0 Å². The molecule has 0 fully saturated rings. The first-order chi connectivity index (χ1) is 28.3. The van der Waals surface area contributed by atoms with Crippen molar-refractivity contribution < 1.29 is 0 Å². The highest BCUT2D eigenvalue weighted by Gasteiger charge is 2.41. The molecule has 0 radical (unpaired) electrons. The summed E-state index contributed by atoms with van der Waals surface area (Å²) in [6.07, 6.45) is 0. The lowest BCUT2D eigenvalue weighted by molar-refractivity contribution is 1.15. The largest absolute Gasteiger partial charge is 0.309 e. The zero-order valence-corrected chi connectivity index (χ0v) is 32.3. The number of hydrogen-bond acceptors (Lipinski definition) is 0. The molecule has 57 heavy (non-hydrogen) atoms. The average molecular weight is 743 g/mol. The molecule has 0 aliphatic rings. The highest BCUT2D eigenvalue weighted by Crippen LogP contribution is 2.40. The Balaban J connectivity index is 1.25. The van der Waals surface area contributed by atoms with Crippen LogP contribution in [0.15, 0.2) is 231 Å². The first-order valence-electron chi connectivity index (χ1n) is 19.7. The van der Waals surface area contributed by atoms with Crippen LogP contribution in [-0.4, -0.2) is 17.2 Å². The number of para-hydroxylation sites is 3. The van der Waals surface area contributed by atoms with Crippen LogP contribution in [0.25, 0.3) is 66.1 Å². The minimum atomic E-state index is -2.76. The number of fused-ring (bicyclic) bond motifs is 6. The van der Waals surface area contributed by atoms with Crippen molar-refractivity contribution >= 4 is 72.4 Å². The van der Waals surface area contributed by atoms with Crippen molar-refractivity contribution in [3.63, 3.8) is 0 Å². The molecule has 3 heteroatoms. The summed E-state index contributed by atoms with van der Waals surface area (Å²) in [5.41, 5.74) is 9.50. The fourth-order valence-corrected chi connectivity index (χ4v) is 14.2. The molecule has 2 aromatic heterocycles. The number of aromatic nitrogens is 2. The maximum Gasteiger partial charge on any atom is 0.179 e. The molecule has 2 heterocycles. The van der Waals surface area contributed by atoms with Crippen LogP contribution in [0.1, 0.15) is 0 Å². The number of benzene rings is 9. The smallest absolute Gasteiger partial charge is 0.179 e. The van der Waals surface area contributed by atoms with E-state index in [2.05, 4.69) is 240 Å². The molecule has 9 aromatic carbocycles. The maximum absolute atomic E-state index is 2.76. The van der Waals surface area contributed by atoms with Crippen LogP contribution in [0, 0.1) is 0 Å². The minimum absolute atomic E-state index is 1.14. The van der Waals surface area contributed by atoms with Crippen molar-refractivity contribution in [2.75, 3.05) is 0 Å². The van der Waals surface area contributed by atoms with Crippen molar-refractivity contribution in [2.24, 2.45) is 0 Å². The summed E-state index contributed by atoms with van der Waals surface area (Å²) >= 11 is 0. The molecular formula is C54H38N2Si. The van der Waals surface area contributed by atoms with Crippen LogP contribution in [0.4, 0.5) is 0 Å². The lowest BCUT2D eigenvalue weighted by Crippen LogP contribution is -2.74. The van der Waals surface area contributed by atoms with Gasteiger partial charge in [0.1, 0.15) is 0 Å². The Bertz CT molecular complexity index is 3110. The van der Waals surface area contributed by atoms with Crippen LogP contribution < -0.4 is 20.7 Å². The Morgan fingerprint density at radius 3 is 1.46 bits per heavy atom. The highest BCUT2D eigenvalue weighted by atomic mass is 28.3. The van der Waals surface area contributed by atoms with Gasteiger partial charge in [-0.1, -0.05) is 194 Å². The first kappa shape index (κ1) is 33.2. The molecular weight excluding hydrogens is 705 g/mol. The normalized spacial score (nSPS) is 11.9. The molecule has 0 spiro atoms. The second-order valence-corrected chi connectivity index (χ2v) is 18.7. The lowest BCUT2D eigenvalue weighted by atomic mass is 10.0. The van der Waals surface area contributed by atoms with Gasteiger partial charge in [0.2, 0.25) is 0 Å². The molecule has 0 atom stereocenters. The third-order valence-electron chi connectivity index (χ3n) is 11.9. The lowest BCUT2D eigenvalue weighted by Gasteiger charge is -2.34. The van der Waals surface area contributed by atoms with Gasteiger partial charge in [-0.3, -0.25) is 0 Å². The quantitative estimate of drug-likeness (QED) is 0.114. The van der Waals surface area contributed by atoms with Gasteiger partial charge in [-0.05, 0) is 62.7 Å². The molecule has 0 unspecified atom stereocenters. The van der Waals surface area contributed by atoms with E-state index in [0.29, 0.717) is 0 Å². The molecule has 0 bridgehead atoms. The first-order valence-corrected chi connectivity index (χ1v) is 21.7. The second kappa shape index (κ2) is 13.5. The van der Waals surface area contributed by atoms with Crippen molar-refractivity contribution in [3.8, 4) is 22.5 Å². The van der Waals surface area contributed by atoms with Crippen molar-refractivity contribution in [3.05, 3.63) is 231 Å². The number of nitrogens with zero attached hydrogens (tertiary/aromatic N) is 2. The fraction of sp³-hybridized carbons (Fsp3) is 0. The molecule has 0 saturated heterocycles. The Labute approximate surface area is 333 Å². The molecule has 0 aliphatic carbocycles. The van der Waals surface area contributed by atoms with E-state index in [9.17, 15) is 0 Å². The summed E-state index contributed by atoms with van der Waals surface area (Å²) in [6.45, 7) is 0. The molecule has 0 saturated carbocycles. The molecule has 268 valence electrons. The summed E-state index contributed by atoms with van der Waals surface area (Å²) in [5.74, 6) is 0. The Kier molecular flexibility index (Phi) is 7.87. The van der Waals surface area contributed by atoms with Crippen LogP contribution in [0.5, 0.6) is 0 Å². The molecule has 11 rings (SSSR count). The summed E-state index contributed by atoms with van der Waals surface area (Å²) < 4.78 is 4.93. The van der Waals surface area contributed by atoms with Crippen LogP contribution in [0.2, 0.25) is 0 Å². The van der Waals surface area contributed by atoms with Gasteiger partial charge >= 0.3 is 0 Å². The van der Waals surface area contributed by atoms with Crippen molar-refractivity contribution in [1.82, 2.24) is 9.13 Å². The van der Waals surface area contributed by atoms with E-state index >= 15 is 0 Å². The molecule has 0 amide bonds. The van der Waals surface area contributed by atoms with Gasteiger partial charge in [-0.2, -0.15) is 0 Å². The van der Waals surface area contributed by atoms with E-state index in [4.69, 9.17) is 0 Å². The summed E-state index contributed by atoms with van der Waals surface area (Å²) in [4.78, 5) is 0. The Morgan fingerprint density at radius 2 is 0.807 bits per heavy atom. The van der Waals surface area contributed by atoms with E-state index in [1.165, 1.54) is 75.5 Å². The van der Waals surface area contributed by atoms with Crippen molar-refractivity contribution in [1.29, 1.82) is 0 Å². The van der Waals surface area contributed by atoms with Gasteiger partial charge < -0.3 is 9.13 Å². The third-order valence-corrected chi connectivity index (χ3v) is 16.6. The van der Waals surface area contributed by atoms with Crippen LogP contribution in [0.3, 0.4) is 0 Å². The zero-order valence-electron chi connectivity index (χ0n) is 31.3. The van der Waals surface area contributed by atoms with Crippen molar-refractivity contribution in [2.45, 2.75) is 0 Å². The maximum atomic E-state index is 2.53. The van der Waals surface area contributed by atoms with E-state index < -0.39 is 8.07 Å². The highest BCUT2D eigenvalue weighted by molar-refractivity contribution is 7.20. The fourth-order valence-electron chi connectivity index (χ4n) is 9.44. The second-order valence-electron chi connectivity index (χ2n) is 14.9. The third kappa shape index (κ3) is 5.17. The SMILES string of the molecule is c1ccc(-c2cccc3c4cc([Si](c5ccccc5)(c5ccccc5)c5ccccc5)ccc4n(-c4ccc5c6ccccc6n(-c6ccccc6)c5c4)c23)cc1. The predicted octanol–water partition coefficient (Wildman–Crippen LogP) is 10.9. The van der Waals surface area contributed by atoms with E-state index in [0.717, 1.165) is 11.4 Å². The Morgan fingerprint density at radius 1 is 0.281 bits per heavy atom. The topological polar surface area (TPSA) is 9.86 Å². The summed E-state index contributed by atoms with van der Waals surface area (Å²) in [6, 6.07) is 85.2. The molecule has 2 nitrogen and oxygen atoms in total. The predicted molar refractivity (Wildman–Crippen MR) is 244 cm³/mol. The van der Waals surface area contributed by atoms with Crippen LogP contribution in [-0.2, 0) is 0 Å². The van der Waals surface area contributed by atoms with Gasteiger partial charge in [0.25, 0.3) is 0 Å². The average Bonchev–Trinajstić information content (AvgIpc) is 3.81. The van der Waals surface area contributed by atoms with Crippen LogP contribution >= 0.6 is 0 Å². The number of hydrogen-bond donors (Lipinski definition) is 0. The molecule has 11 aromatic rings. The monoisotopic (exact) mass is 742 g/mol.